The average Bonchev–Trinajstić information content (AvgIpc) is 2.30. The highest BCUT2D eigenvalue weighted by Crippen LogP contribution is 2.33. The molecular formula is C14H29NO2. The first-order chi connectivity index (χ1) is 7.91. The van der Waals surface area contributed by atoms with E-state index in [2.05, 4.69) is 12.2 Å². The van der Waals surface area contributed by atoms with Crippen LogP contribution in [0, 0.1) is 11.3 Å². The smallest absolute Gasteiger partial charge is 0.0771 e. The van der Waals surface area contributed by atoms with Crippen LogP contribution in [0.2, 0.25) is 0 Å². The van der Waals surface area contributed by atoms with Crippen LogP contribution in [-0.2, 0) is 0 Å². The monoisotopic (exact) mass is 243 g/mol. The molecule has 17 heavy (non-hydrogen) atoms. The first-order valence-corrected chi connectivity index (χ1v) is 6.95. The molecule has 0 unspecified atom stereocenters. The Hall–Kier alpha value is -0.120. The molecule has 1 aliphatic rings. The van der Waals surface area contributed by atoms with E-state index in [1.54, 1.807) is 0 Å². The number of hydrogen-bond donors (Lipinski definition) is 3. The van der Waals surface area contributed by atoms with E-state index in [0.717, 1.165) is 38.1 Å². The van der Waals surface area contributed by atoms with Gasteiger partial charge in [-0.15, -0.1) is 0 Å². The third-order valence-electron chi connectivity index (χ3n) is 4.10. The van der Waals surface area contributed by atoms with Gasteiger partial charge in [-0.2, -0.15) is 0 Å². The summed E-state index contributed by atoms with van der Waals surface area (Å²) in [4.78, 5) is 0. The van der Waals surface area contributed by atoms with Crippen molar-refractivity contribution in [2.75, 3.05) is 19.7 Å². The number of rotatable bonds is 6. The number of aliphatic hydroxyl groups is 2. The Bertz CT molecular complexity index is 220. The van der Waals surface area contributed by atoms with Crippen LogP contribution < -0.4 is 5.32 Å². The molecule has 1 aliphatic carbocycles. The molecule has 0 aromatic heterocycles. The average molecular weight is 243 g/mol. The Morgan fingerprint density at radius 1 is 1.29 bits per heavy atom. The molecule has 0 radical (unpaired) electrons. The minimum atomic E-state index is -0.517. The molecule has 0 bridgehead atoms. The van der Waals surface area contributed by atoms with Crippen molar-refractivity contribution in [3.63, 3.8) is 0 Å². The fourth-order valence-electron chi connectivity index (χ4n) is 2.49. The van der Waals surface area contributed by atoms with E-state index in [0.29, 0.717) is 6.54 Å². The van der Waals surface area contributed by atoms with E-state index in [4.69, 9.17) is 5.11 Å². The standard InChI is InChI=1S/C14H29NO2/c1-4-12-5-7-14(17,8-6-12)10-15-9-13(2,3)11-16/h12,15-17H,4-11H2,1-3H3. The lowest BCUT2D eigenvalue weighted by molar-refractivity contribution is -0.0109. The van der Waals surface area contributed by atoms with Crippen molar-refractivity contribution in [1.82, 2.24) is 5.32 Å². The molecule has 0 aromatic rings. The zero-order valence-corrected chi connectivity index (χ0v) is 11.6. The molecule has 102 valence electrons. The second-order valence-corrected chi connectivity index (χ2v) is 6.50. The van der Waals surface area contributed by atoms with Crippen molar-refractivity contribution in [2.24, 2.45) is 11.3 Å². The maximum absolute atomic E-state index is 10.4. The van der Waals surface area contributed by atoms with Crippen LogP contribution in [0.15, 0.2) is 0 Å². The summed E-state index contributed by atoms with van der Waals surface area (Å²) in [5.41, 5.74) is -0.617. The summed E-state index contributed by atoms with van der Waals surface area (Å²) in [6.07, 6.45) is 5.37. The fraction of sp³-hybridized carbons (Fsp3) is 1.00. The van der Waals surface area contributed by atoms with Gasteiger partial charge in [0.25, 0.3) is 0 Å². The van der Waals surface area contributed by atoms with Crippen molar-refractivity contribution in [3.8, 4) is 0 Å². The number of nitrogens with one attached hydrogen (secondary N) is 1. The molecular weight excluding hydrogens is 214 g/mol. The highest BCUT2D eigenvalue weighted by Gasteiger charge is 2.32. The summed E-state index contributed by atoms with van der Waals surface area (Å²) in [6, 6.07) is 0. The van der Waals surface area contributed by atoms with Crippen LogP contribution in [0.4, 0.5) is 0 Å². The Kier molecular flexibility index (Phi) is 5.42. The van der Waals surface area contributed by atoms with Crippen LogP contribution in [0.5, 0.6) is 0 Å². The normalized spacial score (nSPS) is 30.5. The van der Waals surface area contributed by atoms with Gasteiger partial charge in [0.2, 0.25) is 0 Å². The van der Waals surface area contributed by atoms with E-state index in [-0.39, 0.29) is 12.0 Å². The van der Waals surface area contributed by atoms with Gasteiger partial charge in [0, 0.05) is 25.1 Å². The first kappa shape index (κ1) is 14.9. The van der Waals surface area contributed by atoms with E-state index < -0.39 is 5.60 Å². The van der Waals surface area contributed by atoms with Crippen molar-refractivity contribution >= 4 is 0 Å². The zero-order chi connectivity index (χ0) is 12.9. The largest absolute Gasteiger partial charge is 0.396 e. The summed E-state index contributed by atoms with van der Waals surface area (Å²) < 4.78 is 0. The molecule has 0 aromatic carbocycles. The van der Waals surface area contributed by atoms with Crippen molar-refractivity contribution in [3.05, 3.63) is 0 Å². The minimum absolute atomic E-state index is 0.100. The molecule has 1 saturated carbocycles. The van der Waals surface area contributed by atoms with E-state index in [1.807, 2.05) is 13.8 Å². The maximum Gasteiger partial charge on any atom is 0.0771 e. The van der Waals surface area contributed by atoms with Gasteiger partial charge in [-0.3, -0.25) is 0 Å². The maximum atomic E-state index is 10.4. The third-order valence-corrected chi connectivity index (χ3v) is 4.10. The van der Waals surface area contributed by atoms with Gasteiger partial charge < -0.3 is 15.5 Å². The zero-order valence-electron chi connectivity index (χ0n) is 11.6. The fourth-order valence-corrected chi connectivity index (χ4v) is 2.49. The van der Waals surface area contributed by atoms with Crippen molar-refractivity contribution in [2.45, 2.75) is 58.5 Å². The van der Waals surface area contributed by atoms with E-state index in [9.17, 15) is 5.11 Å². The quantitative estimate of drug-likeness (QED) is 0.668. The molecule has 0 saturated heterocycles. The molecule has 0 aliphatic heterocycles. The number of hydrogen-bond acceptors (Lipinski definition) is 3. The summed E-state index contributed by atoms with van der Waals surface area (Å²) in [5, 5.41) is 22.9. The highest BCUT2D eigenvalue weighted by molar-refractivity contribution is 4.87. The first-order valence-electron chi connectivity index (χ1n) is 6.95. The lowest BCUT2D eigenvalue weighted by atomic mass is 9.77. The van der Waals surface area contributed by atoms with Gasteiger partial charge in [0.1, 0.15) is 0 Å². The SMILES string of the molecule is CCC1CCC(O)(CNCC(C)(C)CO)CC1. The topological polar surface area (TPSA) is 52.5 Å². The lowest BCUT2D eigenvalue weighted by Gasteiger charge is -2.36. The van der Waals surface area contributed by atoms with Crippen LogP contribution in [0.1, 0.15) is 52.9 Å². The Labute approximate surface area is 106 Å². The van der Waals surface area contributed by atoms with Gasteiger partial charge >= 0.3 is 0 Å². The molecule has 0 heterocycles. The van der Waals surface area contributed by atoms with Crippen LogP contribution in [0.25, 0.3) is 0 Å². The summed E-state index contributed by atoms with van der Waals surface area (Å²) >= 11 is 0. The second kappa shape index (κ2) is 6.17. The molecule has 1 rings (SSSR count). The van der Waals surface area contributed by atoms with Gasteiger partial charge in [-0.1, -0.05) is 27.2 Å². The Morgan fingerprint density at radius 2 is 1.88 bits per heavy atom. The van der Waals surface area contributed by atoms with Crippen molar-refractivity contribution < 1.29 is 10.2 Å². The molecule has 3 heteroatoms. The molecule has 0 atom stereocenters. The number of aliphatic hydroxyl groups excluding tert-OH is 1. The molecule has 3 nitrogen and oxygen atoms in total. The molecule has 0 amide bonds. The Morgan fingerprint density at radius 3 is 2.35 bits per heavy atom. The van der Waals surface area contributed by atoms with Gasteiger partial charge in [-0.05, 0) is 31.6 Å². The minimum Gasteiger partial charge on any atom is -0.396 e. The Balaban J connectivity index is 2.27. The third kappa shape index (κ3) is 4.94. The predicted molar refractivity (Wildman–Crippen MR) is 70.9 cm³/mol. The van der Waals surface area contributed by atoms with Gasteiger partial charge in [0.15, 0.2) is 0 Å². The van der Waals surface area contributed by atoms with E-state index in [1.165, 1.54) is 6.42 Å². The van der Waals surface area contributed by atoms with Gasteiger partial charge in [-0.25, -0.2) is 0 Å². The van der Waals surface area contributed by atoms with Crippen LogP contribution in [-0.4, -0.2) is 35.5 Å². The molecule has 3 N–H and O–H groups in total. The molecule has 1 fully saturated rings. The highest BCUT2D eigenvalue weighted by atomic mass is 16.3. The predicted octanol–water partition coefficient (Wildman–Crippen LogP) is 1.93. The summed E-state index contributed by atoms with van der Waals surface area (Å²) in [6.45, 7) is 7.87. The lowest BCUT2D eigenvalue weighted by Crippen LogP contribution is -2.46. The second-order valence-electron chi connectivity index (χ2n) is 6.50. The molecule has 0 spiro atoms. The summed E-state index contributed by atoms with van der Waals surface area (Å²) in [5.74, 6) is 0.809. The van der Waals surface area contributed by atoms with Crippen LogP contribution in [0.3, 0.4) is 0 Å². The van der Waals surface area contributed by atoms with Crippen molar-refractivity contribution in [1.29, 1.82) is 0 Å². The summed E-state index contributed by atoms with van der Waals surface area (Å²) in [7, 11) is 0. The van der Waals surface area contributed by atoms with Gasteiger partial charge in [0.05, 0.1) is 5.60 Å². The van der Waals surface area contributed by atoms with Crippen LogP contribution >= 0.6 is 0 Å². The van der Waals surface area contributed by atoms with E-state index >= 15 is 0 Å².